The van der Waals surface area contributed by atoms with Crippen LogP contribution in [0, 0.1) is 20.2 Å². The molecule has 1 aliphatic carbocycles. The predicted molar refractivity (Wildman–Crippen MR) is 88.1 cm³/mol. The van der Waals surface area contributed by atoms with E-state index in [1.807, 2.05) is 0 Å². The molecule has 1 N–H and O–H groups in total. The first-order valence-electron chi connectivity index (χ1n) is 8.05. The van der Waals surface area contributed by atoms with Crippen molar-refractivity contribution in [2.24, 2.45) is 5.10 Å². The zero-order valence-electron chi connectivity index (χ0n) is 13.7. The minimum Gasteiger partial charge on any atom is -0.266 e. The Morgan fingerprint density at radius 1 is 0.923 bits per heavy atom. The number of nitrogens with one attached hydrogen (secondary N) is 1. The molecular weight excluding hydrogens is 357 g/mol. The van der Waals surface area contributed by atoms with Crippen LogP contribution in [-0.2, 0) is 6.18 Å². The van der Waals surface area contributed by atoms with Crippen LogP contribution in [0.5, 0.6) is 0 Å². The van der Waals surface area contributed by atoms with E-state index < -0.39 is 38.6 Å². The largest absolute Gasteiger partial charge is 0.416 e. The fourth-order valence-corrected chi connectivity index (χ4v) is 2.74. The zero-order valence-corrected chi connectivity index (χ0v) is 13.7. The van der Waals surface area contributed by atoms with E-state index >= 15 is 0 Å². The monoisotopic (exact) mass is 374 g/mol. The topological polar surface area (TPSA) is 111 Å². The smallest absolute Gasteiger partial charge is 0.266 e. The zero-order chi connectivity index (χ0) is 19.3. The van der Waals surface area contributed by atoms with Crippen molar-refractivity contribution >= 4 is 22.8 Å². The Bertz CT molecular complexity index is 689. The lowest BCUT2D eigenvalue weighted by molar-refractivity contribution is -0.392. The van der Waals surface area contributed by atoms with E-state index in [1.54, 1.807) is 0 Å². The van der Waals surface area contributed by atoms with Crippen LogP contribution in [0.25, 0.3) is 0 Å². The molecule has 0 heterocycles. The van der Waals surface area contributed by atoms with Crippen LogP contribution in [0.1, 0.15) is 50.5 Å². The molecule has 0 radical (unpaired) electrons. The lowest BCUT2D eigenvalue weighted by Crippen LogP contribution is -2.10. The van der Waals surface area contributed by atoms with Gasteiger partial charge in [0, 0.05) is 17.8 Å². The van der Waals surface area contributed by atoms with Gasteiger partial charge in [-0.25, -0.2) is 0 Å². The predicted octanol–water partition coefficient (Wildman–Crippen LogP) is 5.03. The first kappa shape index (κ1) is 19.6. The van der Waals surface area contributed by atoms with Crippen LogP contribution < -0.4 is 5.43 Å². The lowest BCUT2D eigenvalue weighted by Gasteiger charge is -2.12. The van der Waals surface area contributed by atoms with Crippen molar-refractivity contribution < 1.29 is 23.0 Å². The van der Waals surface area contributed by atoms with E-state index in [0.717, 1.165) is 32.1 Å². The number of hydrazone groups is 1. The van der Waals surface area contributed by atoms with E-state index in [-0.39, 0.29) is 12.1 Å². The Balaban J connectivity index is 2.45. The van der Waals surface area contributed by atoms with Gasteiger partial charge in [-0.2, -0.15) is 18.3 Å². The van der Waals surface area contributed by atoms with Gasteiger partial charge in [0.1, 0.15) is 0 Å². The third-order valence-corrected chi connectivity index (χ3v) is 4.07. The molecule has 0 atom stereocenters. The summed E-state index contributed by atoms with van der Waals surface area (Å²) in [5.41, 5.74) is -1.22. The summed E-state index contributed by atoms with van der Waals surface area (Å²) in [5.74, 6) is 0. The van der Waals surface area contributed by atoms with Gasteiger partial charge < -0.3 is 0 Å². The molecule has 0 amide bonds. The van der Waals surface area contributed by atoms with Crippen molar-refractivity contribution in [3.63, 3.8) is 0 Å². The number of hydrogen-bond donors (Lipinski definition) is 1. The number of hydrogen-bond acceptors (Lipinski definition) is 6. The summed E-state index contributed by atoms with van der Waals surface area (Å²) in [6.07, 6.45) is 1.20. The number of anilines is 1. The second-order valence-corrected chi connectivity index (χ2v) is 5.96. The lowest BCUT2D eigenvalue weighted by atomic mass is 9.99. The number of alkyl halides is 3. The van der Waals surface area contributed by atoms with E-state index in [9.17, 15) is 33.4 Å². The van der Waals surface area contributed by atoms with Crippen molar-refractivity contribution in [2.45, 2.75) is 51.1 Å². The van der Waals surface area contributed by atoms with Crippen molar-refractivity contribution in [1.82, 2.24) is 0 Å². The molecule has 1 aromatic rings. The van der Waals surface area contributed by atoms with Crippen LogP contribution in [0.4, 0.5) is 30.2 Å². The Kier molecular flexibility index (Phi) is 6.11. The fraction of sp³-hybridized carbons (Fsp3) is 0.533. The second-order valence-electron chi connectivity index (χ2n) is 5.96. The summed E-state index contributed by atoms with van der Waals surface area (Å²) in [7, 11) is 0. The Morgan fingerprint density at radius 2 is 1.38 bits per heavy atom. The molecule has 1 aliphatic rings. The molecule has 1 fully saturated rings. The number of rotatable bonds is 4. The average molecular weight is 374 g/mol. The summed E-state index contributed by atoms with van der Waals surface area (Å²) in [6.45, 7) is 0. The molecule has 8 nitrogen and oxygen atoms in total. The van der Waals surface area contributed by atoms with Gasteiger partial charge in [-0.15, -0.1) is 0 Å². The molecule has 1 aromatic carbocycles. The third-order valence-electron chi connectivity index (χ3n) is 4.07. The van der Waals surface area contributed by atoms with Crippen LogP contribution in [0.15, 0.2) is 17.2 Å². The molecule has 0 spiro atoms. The fourth-order valence-electron chi connectivity index (χ4n) is 2.74. The summed E-state index contributed by atoms with van der Waals surface area (Å²) >= 11 is 0. The Labute approximate surface area is 146 Å². The van der Waals surface area contributed by atoms with Crippen LogP contribution in [-0.4, -0.2) is 15.6 Å². The van der Waals surface area contributed by atoms with Gasteiger partial charge in [0.15, 0.2) is 0 Å². The number of benzene rings is 1. The number of halogens is 3. The van der Waals surface area contributed by atoms with E-state index in [2.05, 4.69) is 10.5 Å². The minimum atomic E-state index is -4.94. The second kappa shape index (κ2) is 8.11. The van der Waals surface area contributed by atoms with Crippen LogP contribution in [0.3, 0.4) is 0 Å². The molecule has 0 bridgehead atoms. The van der Waals surface area contributed by atoms with Gasteiger partial charge in [-0.3, -0.25) is 25.7 Å². The van der Waals surface area contributed by atoms with Crippen LogP contribution >= 0.6 is 0 Å². The highest BCUT2D eigenvalue weighted by Gasteiger charge is 2.37. The maximum atomic E-state index is 12.9. The molecule has 11 heteroatoms. The van der Waals surface area contributed by atoms with Crippen molar-refractivity contribution in [3.8, 4) is 0 Å². The van der Waals surface area contributed by atoms with Crippen LogP contribution in [0.2, 0.25) is 0 Å². The summed E-state index contributed by atoms with van der Waals surface area (Å²) in [6, 6.07) is 0.543. The Hall–Kier alpha value is -2.72. The highest BCUT2D eigenvalue weighted by Crippen LogP contribution is 2.41. The van der Waals surface area contributed by atoms with E-state index in [0.29, 0.717) is 18.6 Å². The molecular formula is C15H17F3N4O4. The number of nitrogens with zero attached hydrogens (tertiary/aromatic N) is 3. The van der Waals surface area contributed by atoms with Gasteiger partial charge >= 0.3 is 17.6 Å². The summed E-state index contributed by atoms with van der Waals surface area (Å²) in [5, 5.41) is 26.3. The van der Waals surface area contributed by atoms with E-state index in [1.165, 1.54) is 0 Å². The van der Waals surface area contributed by atoms with Gasteiger partial charge in [0.05, 0.1) is 15.4 Å². The van der Waals surface area contributed by atoms with E-state index in [4.69, 9.17) is 0 Å². The van der Waals surface area contributed by atoms with Crippen molar-refractivity contribution in [3.05, 3.63) is 37.9 Å². The number of nitro benzene ring substituents is 2. The quantitative estimate of drug-likeness (QED) is 0.587. The van der Waals surface area contributed by atoms with Crippen molar-refractivity contribution in [1.29, 1.82) is 0 Å². The molecule has 26 heavy (non-hydrogen) atoms. The highest BCUT2D eigenvalue weighted by atomic mass is 19.4. The molecule has 0 saturated heterocycles. The standard InChI is InChI=1S/C15H17F3N4O4/c16-15(17,18)10-8-12(21(23)24)14(13(9-10)22(25)26)20-19-11-6-4-2-1-3-5-7-11/h8-9,20H,1-7H2. The SMILES string of the molecule is O=[N+]([O-])c1cc(C(F)(F)F)cc([N+](=O)[O-])c1NN=C1CCCCCCC1. The normalized spacial score (nSPS) is 15.7. The molecule has 1 saturated carbocycles. The van der Waals surface area contributed by atoms with Gasteiger partial charge in [0.25, 0.3) is 0 Å². The van der Waals surface area contributed by atoms with Gasteiger partial charge in [0.2, 0.25) is 5.69 Å². The summed E-state index contributed by atoms with van der Waals surface area (Å²) < 4.78 is 38.6. The maximum absolute atomic E-state index is 12.9. The Morgan fingerprint density at radius 3 is 1.81 bits per heavy atom. The first-order chi connectivity index (χ1) is 12.2. The maximum Gasteiger partial charge on any atom is 0.416 e. The highest BCUT2D eigenvalue weighted by molar-refractivity contribution is 5.86. The molecule has 0 unspecified atom stereocenters. The molecule has 2 rings (SSSR count). The van der Waals surface area contributed by atoms with Gasteiger partial charge in [-0.05, 0) is 25.7 Å². The number of nitro groups is 2. The minimum absolute atomic E-state index is 0.271. The molecule has 142 valence electrons. The van der Waals surface area contributed by atoms with Gasteiger partial charge in [-0.1, -0.05) is 19.3 Å². The third kappa shape index (κ3) is 4.90. The molecule has 0 aliphatic heterocycles. The summed E-state index contributed by atoms with van der Waals surface area (Å²) in [4.78, 5) is 20.1. The molecule has 0 aromatic heterocycles. The first-order valence-corrected chi connectivity index (χ1v) is 8.05. The average Bonchev–Trinajstić information content (AvgIpc) is 2.51. The van der Waals surface area contributed by atoms with Crippen molar-refractivity contribution in [2.75, 3.05) is 5.43 Å².